The zero-order chi connectivity index (χ0) is 15.6. The maximum Gasteiger partial charge on any atom is 0.338 e. The summed E-state index contributed by atoms with van der Waals surface area (Å²) in [5.41, 5.74) is 5.99. The summed E-state index contributed by atoms with van der Waals surface area (Å²) >= 11 is 0. The van der Waals surface area contributed by atoms with Gasteiger partial charge >= 0.3 is 11.9 Å². The first-order valence-corrected chi connectivity index (χ1v) is 6.68. The third-order valence-electron chi connectivity index (χ3n) is 4.11. The van der Waals surface area contributed by atoms with E-state index in [0.29, 0.717) is 16.7 Å². The quantitative estimate of drug-likeness (QED) is 0.787. The summed E-state index contributed by atoms with van der Waals surface area (Å²) in [6.07, 6.45) is -0.567. The smallest absolute Gasteiger partial charge is 0.338 e. The van der Waals surface area contributed by atoms with E-state index in [0.717, 1.165) is 0 Å². The van der Waals surface area contributed by atoms with Crippen LogP contribution in [-0.4, -0.2) is 37.8 Å². The fourth-order valence-electron chi connectivity index (χ4n) is 3.04. The number of carbonyl (C=O) groups is 2. The van der Waals surface area contributed by atoms with Gasteiger partial charge in [0.25, 0.3) is 0 Å². The number of nitrogens with two attached hydrogens (primary N) is 1. The van der Waals surface area contributed by atoms with Crippen LogP contribution in [0.15, 0.2) is 18.2 Å². The van der Waals surface area contributed by atoms with Crippen LogP contribution in [0.2, 0.25) is 0 Å². The van der Waals surface area contributed by atoms with Gasteiger partial charge in [0.15, 0.2) is 0 Å². The van der Waals surface area contributed by atoms with E-state index >= 15 is 0 Å². The summed E-state index contributed by atoms with van der Waals surface area (Å²) in [4.78, 5) is 24.0. The number of esters is 2. The van der Waals surface area contributed by atoms with Gasteiger partial charge < -0.3 is 20.3 Å². The first-order chi connectivity index (χ1) is 10.0. The molecule has 2 unspecified atom stereocenters. The van der Waals surface area contributed by atoms with E-state index in [2.05, 4.69) is 0 Å². The lowest BCUT2D eigenvalue weighted by Gasteiger charge is -2.29. The number of aliphatic hydroxyl groups excluding tert-OH is 1. The van der Waals surface area contributed by atoms with Crippen molar-refractivity contribution < 1.29 is 24.2 Å². The number of carbonyl (C=O) groups excluding carboxylic acids is 2. The molecule has 1 aliphatic rings. The van der Waals surface area contributed by atoms with Gasteiger partial charge in [-0.2, -0.15) is 0 Å². The minimum Gasteiger partial charge on any atom is -0.468 e. The number of rotatable bonds is 4. The van der Waals surface area contributed by atoms with Crippen molar-refractivity contribution in [2.45, 2.75) is 18.9 Å². The molecule has 0 bridgehead atoms. The highest BCUT2D eigenvalue weighted by molar-refractivity contribution is 5.92. The normalized spacial score (nSPS) is 23.5. The summed E-state index contributed by atoms with van der Waals surface area (Å²) < 4.78 is 9.60. The lowest BCUT2D eigenvalue weighted by molar-refractivity contribution is -0.160. The average molecular weight is 293 g/mol. The summed E-state index contributed by atoms with van der Waals surface area (Å²) in [5.74, 6) is -1.01. The molecule has 3 N–H and O–H groups in total. The molecule has 6 heteroatoms. The molecule has 0 amide bonds. The van der Waals surface area contributed by atoms with Crippen LogP contribution in [0.4, 0.5) is 0 Å². The Bertz CT molecular complexity index is 571. The fraction of sp³-hybridized carbons (Fsp3) is 0.467. The van der Waals surface area contributed by atoms with Crippen molar-refractivity contribution in [3.8, 4) is 0 Å². The van der Waals surface area contributed by atoms with Gasteiger partial charge in [0.2, 0.25) is 0 Å². The zero-order valence-corrected chi connectivity index (χ0v) is 12.1. The van der Waals surface area contributed by atoms with E-state index in [9.17, 15) is 14.7 Å². The number of ether oxygens (including phenoxy) is 2. The predicted octanol–water partition coefficient (Wildman–Crippen LogP) is 0.571. The minimum atomic E-state index is -1.14. The van der Waals surface area contributed by atoms with Crippen LogP contribution in [-0.2, 0) is 20.7 Å². The maximum absolute atomic E-state index is 12.2. The molecule has 1 aliphatic carbocycles. The Labute approximate surface area is 122 Å². The molecule has 1 aromatic rings. The van der Waals surface area contributed by atoms with Gasteiger partial charge in [-0.05, 0) is 36.6 Å². The molecule has 0 radical (unpaired) electrons. The van der Waals surface area contributed by atoms with Crippen LogP contribution in [0.25, 0.3) is 0 Å². The second-order valence-electron chi connectivity index (χ2n) is 5.13. The molecule has 0 aromatic heterocycles. The average Bonchev–Trinajstić information content (AvgIpc) is 2.80. The van der Waals surface area contributed by atoms with Crippen LogP contribution < -0.4 is 5.73 Å². The van der Waals surface area contributed by atoms with Crippen molar-refractivity contribution in [3.63, 3.8) is 0 Å². The molecule has 0 heterocycles. The van der Waals surface area contributed by atoms with Crippen LogP contribution in [0.5, 0.6) is 0 Å². The van der Waals surface area contributed by atoms with Gasteiger partial charge in [-0.15, -0.1) is 0 Å². The highest BCUT2D eigenvalue weighted by Gasteiger charge is 2.52. The van der Waals surface area contributed by atoms with E-state index in [4.69, 9.17) is 15.2 Å². The van der Waals surface area contributed by atoms with Gasteiger partial charge in [-0.25, -0.2) is 4.79 Å². The number of hydrogen-bond donors (Lipinski definition) is 2. The van der Waals surface area contributed by atoms with Gasteiger partial charge in [-0.1, -0.05) is 12.1 Å². The lowest BCUT2D eigenvalue weighted by atomic mass is 9.79. The zero-order valence-electron chi connectivity index (χ0n) is 12.1. The first kappa shape index (κ1) is 15.5. The number of fused-ring (bicyclic) bond motifs is 1. The largest absolute Gasteiger partial charge is 0.468 e. The second-order valence-corrected chi connectivity index (χ2v) is 5.13. The van der Waals surface area contributed by atoms with E-state index in [-0.39, 0.29) is 19.4 Å². The number of hydrogen-bond acceptors (Lipinski definition) is 6. The third-order valence-corrected chi connectivity index (χ3v) is 4.11. The van der Waals surface area contributed by atoms with Crippen molar-refractivity contribution >= 4 is 11.9 Å². The van der Waals surface area contributed by atoms with Crippen molar-refractivity contribution in [1.29, 1.82) is 0 Å². The molecule has 0 aliphatic heterocycles. The van der Waals surface area contributed by atoms with E-state index in [1.54, 1.807) is 18.2 Å². The molecule has 1 aromatic carbocycles. The highest BCUT2D eigenvalue weighted by Crippen LogP contribution is 2.49. The van der Waals surface area contributed by atoms with Crippen molar-refractivity contribution in [2.75, 3.05) is 20.8 Å². The molecule has 6 nitrogen and oxygen atoms in total. The van der Waals surface area contributed by atoms with Crippen molar-refractivity contribution in [2.24, 2.45) is 11.1 Å². The van der Waals surface area contributed by atoms with Crippen LogP contribution in [0.1, 0.15) is 34.0 Å². The topological polar surface area (TPSA) is 98.9 Å². The summed E-state index contributed by atoms with van der Waals surface area (Å²) in [5, 5.41) is 10.6. The number of methoxy groups -OCH3 is 2. The Morgan fingerprint density at radius 2 is 2.10 bits per heavy atom. The molecular weight excluding hydrogens is 274 g/mol. The molecule has 2 rings (SSSR count). The Kier molecular flexibility index (Phi) is 4.29. The van der Waals surface area contributed by atoms with Gasteiger partial charge in [0.1, 0.15) is 5.41 Å². The summed E-state index contributed by atoms with van der Waals surface area (Å²) in [6.45, 7) is 0.230. The van der Waals surface area contributed by atoms with Gasteiger partial charge in [0, 0.05) is 0 Å². The molecular formula is C15H19NO5. The van der Waals surface area contributed by atoms with E-state index in [1.165, 1.54) is 14.2 Å². The van der Waals surface area contributed by atoms with Crippen molar-refractivity contribution in [1.82, 2.24) is 0 Å². The maximum atomic E-state index is 12.2. The SMILES string of the molecule is COC(=O)c1cccc2c1CC(CCN)(C(=O)OC)C2O. The Morgan fingerprint density at radius 3 is 2.67 bits per heavy atom. The van der Waals surface area contributed by atoms with Crippen molar-refractivity contribution in [3.05, 3.63) is 34.9 Å². The standard InChI is InChI=1S/C15H19NO5/c1-20-13(18)10-5-3-4-9-11(10)8-15(6-7-16,12(9)17)14(19)21-2/h3-5,12,17H,6-8,16H2,1-2H3. The van der Waals surface area contributed by atoms with Crippen LogP contribution in [0, 0.1) is 5.41 Å². The summed E-state index contributed by atoms with van der Waals surface area (Å²) in [7, 11) is 2.57. The van der Waals surface area contributed by atoms with Gasteiger partial charge in [-0.3, -0.25) is 4.79 Å². The second kappa shape index (κ2) is 5.83. The third kappa shape index (κ3) is 2.30. The first-order valence-electron chi connectivity index (χ1n) is 6.68. The predicted molar refractivity (Wildman–Crippen MR) is 74.6 cm³/mol. The van der Waals surface area contributed by atoms with Crippen LogP contribution in [0.3, 0.4) is 0 Å². The Morgan fingerprint density at radius 1 is 1.38 bits per heavy atom. The molecule has 114 valence electrons. The Balaban J connectivity index is 2.54. The number of benzene rings is 1. The molecule has 0 saturated heterocycles. The molecule has 0 spiro atoms. The molecule has 21 heavy (non-hydrogen) atoms. The summed E-state index contributed by atoms with van der Waals surface area (Å²) in [6, 6.07) is 4.98. The monoisotopic (exact) mass is 293 g/mol. The van der Waals surface area contributed by atoms with E-state index in [1.807, 2.05) is 0 Å². The fourth-order valence-corrected chi connectivity index (χ4v) is 3.04. The number of aliphatic hydroxyl groups is 1. The molecule has 0 fully saturated rings. The highest BCUT2D eigenvalue weighted by atomic mass is 16.5. The minimum absolute atomic E-state index is 0.207. The lowest BCUT2D eigenvalue weighted by Crippen LogP contribution is -2.38. The Hall–Kier alpha value is -1.92. The molecule has 0 saturated carbocycles. The van der Waals surface area contributed by atoms with E-state index < -0.39 is 23.5 Å². The van der Waals surface area contributed by atoms with Gasteiger partial charge in [0.05, 0.1) is 25.9 Å². The molecule has 2 atom stereocenters. The van der Waals surface area contributed by atoms with Crippen LogP contribution >= 0.6 is 0 Å².